The van der Waals surface area contributed by atoms with Crippen molar-refractivity contribution in [2.75, 3.05) is 26.3 Å². The van der Waals surface area contributed by atoms with Crippen molar-refractivity contribution in [2.24, 2.45) is 11.8 Å². The molecule has 1 aromatic rings. The Morgan fingerprint density at radius 1 is 1.50 bits per heavy atom. The first kappa shape index (κ1) is 17.2. The summed E-state index contributed by atoms with van der Waals surface area (Å²) in [7, 11) is 0. The average Bonchev–Trinajstić information content (AvgIpc) is 2.96. The number of carbonyl (C=O) groups excluding carboxylic acids is 1. The van der Waals surface area contributed by atoms with E-state index in [-0.39, 0.29) is 11.5 Å². The average molecular weight is 332 g/mol. The van der Waals surface area contributed by atoms with Gasteiger partial charge in [-0.1, -0.05) is 13.8 Å². The van der Waals surface area contributed by atoms with Crippen molar-refractivity contribution >= 4 is 5.91 Å². The van der Waals surface area contributed by atoms with Crippen molar-refractivity contribution in [1.82, 2.24) is 9.88 Å². The Hall–Kier alpha value is -1.62. The van der Waals surface area contributed by atoms with Gasteiger partial charge in [0.05, 0.1) is 25.9 Å². The lowest BCUT2D eigenvalue weighted by molar-refractivity contribution is -0.166. The number of likely N-dealkylation sites (tertiary alicyclic amines) is 1. The molecule has 0 unspecified atom stereocenters. The number of nitrogens with zero attached hydrogens (tertiary/aromatic N) is 2. The highest BCUT2D eigenvalue weighted by Crippen LogP contribution is 2.42. The second kappa shape index (κ2) is 7.51. The van der Waals surface area contributed by atoms with E-state index in [9.17, 15) is 4.79 Å². The first-order valence-corrected chi connectivity index (χ1v) is 9.03. The van der Waals surface area contributed by atoms with Gasteiger partial charge in [0, 0.05) is 19.2 Å². The zero-order valence-corrected chi connectivity index (χ0v) is 14.7. The molecule has 2 fully saturated rings. The summed E-state index contributed by atoms with van der Waals surface area (Å²) >= 11 is 0. The van der Waals surface area contributed by atoms with Gasteiger partial charge in [-0.3, -0.25) is 9.78 Å². The molecule has 0 saturated carbocycles. The van der Waals surface area contributed by atoms with Crippen LogP contribution in [0.15, 0.2) is 24.5 Å². The predicted molar refractivity (Wildman–Crippen MR) is 91.8 cm³/mol. The molecule has 3 rings (SSSR count). The van der Waals surface area contributed by atoms with Crippen molar-refractivity contribution < 1.29 is 14.3 Å². The topological polar surface area (TPSA) is 51.7 Å². The van der Waals surface area contributed by atoms with Crippen molar-refractivity contribution in [1.29, 1.82) is 0 Å². The normalized spacial score (nSPS) is 22.0. The smallest absolute Gasteiger partial charge is 0.222 e. The molecule has 24 heavy (non-hydrogen) atoms. The first-order valence-electron chi connectivity index (χ1n) is 9.03. The lowest BCUT2D eigenvalue weighted by Gasteiger charge is -2.50. The Morgan fingerprint density at radius 2 is 2.33 bits per heavy atom. The molecule has 2 aliphatic rings. The van der Waals surface area contributed by atoms with Crippen LogP contribution >= 0.6 is 0 Å². The monoisotopic (exact) mass is 332 g/mol. The summed E-state index contributed by atoms with van der Waals surface area (Å²) in [4.78, 5) is 18.2. The number of pyridine rings is 1. The molecule has 5 nitrogen and oxygen atoms in total. The van der Waals surface area contributed by atoms with Crippen molar-refractivity contribution in [2.45, 2.75) is 45.1 Å². The fourth-order valence-corrected chi connectivity index (χ4v) is 3.64. The number of hydrogen-bond acceptors (Lipinski definition) is 4. The number of amides is 1. The van der Waals surface area contributed by atoms with E-state index in [2.05, 4.69) is 18.8 Å². The molecule has 0 N–H and O–H groups in total. The molecule has 1 spiro atoms. The van der Waals surface area contributed by atoms with Crippen LogP contribution in [0.4, 0.5) is 0 Å². The number of ether oxygens (including phenoxy) is 2. The van der Waals surface area contributed by atoms with E-state index in [0.717, 1.165) is 44.7 Å². The minimum absolute atomic E-state index is 0.119. The van der Waals surface area contributed by atoms with E-state index in [0.29, 0.717) is 24.9 Å². The summed E-state index contributed by atoms with van der Waals surface area (Å²) in [5.74, 6) is 2.13. The van der Waals surface area contributed by atoms with Crippen LogP contribution in [0.5, 0.6) is 5.75 Å². The van der Waals surface area contributed by atoms with Crippen LogP contribution in [-0.2, 0) is 9.53 Å². The largest absolute Gasteiger partial charge is 0.492 e. The Balaban J connectivity index is 1.44. The van der Waals surface area contributed by atoms with Crippen LogP contribution in [0.2, 0.25) is 0 Å². The fraction of sp³-hybridized carbons (Fsp3) is 0.684. The maximum atomic E-state index is 12.2. The SMILES string of the molecule is CC(C)CCC(=O)N1CC2(C1)OCC[C@@H]2CCOc1cccnc1. The molecule has 0 aromatic carbocycles. The Bertz CT molecular complexity index is 541. The highest BCUT2D eigenvalue weighted by atomic mass is 16.5. The minimum Gasteiger partial charge on any atom is -0.492 e. The van der Waals surface area contributed by atoms with Gasteiger partial charge in [0.2, 0.25) is 5.91 Å². The molecule has 1 atom stereocenters. The number of carbonyl (C=O) groups is 1. The van der Waals surface area contributed by atoms with Gasteiger partial charge >= 0.3 is 0 Å². The summed E-state index contributed by atoms with van der Waals surface area (Å²) in [6, 6.07) is 3.80. The molecule has 0 aliphatic carbocycles. The van der Waals surface area contributed by atoms with Gasteiger partial charge in [-0.15, -0.1) is 0 Å². The molecule has 2 saturated heterocycles. The molecule has 3 heterocycles. The Kier molecular flexibility index (Phi) is 5.39. The molecule has 5 heteroatoms. The second-order valence-corrected chi connectivity index (χ2v) is 7.41. The van der Waals surface area contributed by atoms with Crippen LogP contribution < -0.4 is 4.74 Å². The van der Waals surface area contributed by atoms with E-state index >= 15 is 0 Å². The Labute approximate surface area is 144 Å². The van der Waals surface area contributed by atoms with Gasteiger partial charge in [-0.05, 0) is 43.2 Å². The molecule has 2 aliphatic heterocycles. The number of rotatable bonds is 7. The summed E-state index contributed by atoms with van der Waals surface area (Å²) in [5.41, 5.74) is -0.119. The Morgan fingerprint density at radius 3 is 3.04 bits per heavy atom. The van der Waals surface area contributed by atoms with Crippen LogP contribution in [-0.4, -0.2) is 47.7 Å². The van der Waals surface area contributed by atoms with Crippen molar-refractivity contribution in [3.05, 3.63) is 24.5 Å². The third kappa shape index (κ3) is 3.89. The van der Waals surface area contributed by atoms with Gasteiger partial charge in [0.15, 0.2) is 0 Å². The molecule has 1 aromatic heterocycles. The van der Waals surface area contributed by atoms with E-state index in [4.69, 9.17) is 9.47 Å². The van der Waals surface area contributed by atoms with Gasteiger partial charge in [-0.2, -0.15) is 0 Å². The highest BCUT2D eigenvalue weighted by molar-refractivity contribution is 5.77. The maximum Gasteiger partial charge on any atom is 0.222 e. The van der Waals surface area contributed by atoms with E-state index < -0.39 is 0 Å². The molecule has 132 valence electrons. The third-order valence-corrected chi connectivity index (χ3v) is 5.17. The summed E-state index contributed by atoms with van der Waals surface area (Å²) in [6.07, 6.45) is 7.12. The molecular formula is C19H28N2O3. The van der Waals surface area contributed by atoms with Crippen LogP contribution in [0.25, 0.3) is 0 Å². The maximum absolute atomic E-state index is 12.2. The van der Waals surface area contributed by atoms with Crippen LogP contribution in [0, 0.1) is 11.8 Å². The van der Waals surface area contributed by atoms with Crippen LogP contribution in [0.3, 0.4) is 0 Å². The van der Waals surface area contributed by atoms with E-state index in [1.807, 2.05) is 17.0 Å². The molecular weight excluding hydrogens is 304 g/mol. The summed E-state index contributed by atoms with van der Waals surface area (Å²) in [5, 5.41) is 0. The van der Waals surface area contributed by atoms with Gasteiger partial charge in [0.25, 0.3) is 0 Å². The second-order valence-electron chi connectivity index (χ2n) is 7.41. The van der Waals surface area contributed by atoms with Gasteiger partial charge in [0.1, 0.15) is 11.4 Å². The van der Waals surface area contributed by atoms with Gasteiger partial charge < -0.3 is 14.4 Å². The van der Waals surface area contributed by atoms with E-state index in [1.165, 1.54) is 0 Å². The lowest BCUT2D eigenvalue weighted by atomic mass is 9.79. The quantitative estimate of drug-likeness (QED) is 0.770. The highest BCUT2D eigenvalue weighted by Gasteiger charge is 2.53. The summed E-state index contributed by atoms with van der Waals surface area (Å²) in [6.45, 7) is 7.28. The zero-order valence-electron chi connectivity index (χ0n) is 14.7. The van der Waals surface area contributed by atoms with Gasteiger partial charge in [-0.25, -0.2) is 0 Å². The van der Waals surface area contributed by atoms with Crippen molar-refractivity contribution in [3.63, 3.8) is 0 Å². The molecule has 1 amide bonds. The first-order chi connectivity index (χ1) is 11.6. The standard InChI is InChI=1S/C19H28N2O3/c1-15(2)5-6-18(22)21-13-19(14-21)16(8-11-24-19)7-10-23-17-4-3-9-20-12-17/h3-4,9,12,15-16H,5-8,10-11,13-14H2,1-2H3/t16-/m0/s1. The van der Waals surface area contributed by atoms with E-state index in [1.54, 1.807) is 12.4 Å². The summed E-state index contributed by atoms with van der Waals surface area (Å²) < 4.78 is 11.8. The molecule has 0 bridgehead atoms. The lowest BCUT2D eigenvalue weighted by Crippen LogP contribution is -2.66. The molecule has 0 radical (unpaired) electrons. The number of aromatic nitrogens is 1. The van der Waals surface area contributed by atoms with Crippen molar-refractivity contribution in [3.8, 4) is 5.75 Å². The number of hydrogen-bond donors (Lipinski definition) is 0. The van der Waals surface area contributed by atoms with Crippen LogP contribution in [0.1, 0.15) is 39.5 Å². The zero-order chi connectivity index (χ0) is 17.0. The predicted octanol–water partition coefficient (Wildman–Crippen LogP) is 2.90. The third-order valence-electron chi connectivity index (χ3n) is 5.17. The minimum atomic E-state index is -0.119. The fourth-order valence-electron chi connectivity index (χ4n) is 3.64.